The molecule has 8 aromatic carbocycles. The molecule has 0 N–H and O–H groups in total. The van der Waals surface area contributed by atoms with Gasteiger partial charge in [-0.25, -0.2) is 0 Å². The predicted molar refractivity (Wildman–Crippen MR) is 233 cm³/mol. The largest absolute Gasteiger partial charge is 0.456 e. The van der Waals surface area contributed by atoms with Gasteiger partial charge in [0, 0.05) is 67.2 Å². The van der Waals surface area contributed by atoms with E-state index >= 15 is 0 Å². The number of rotatable bonds is 5. The molecule has 0 spiro atoms. The Morgan fingerprint density at radius 2 is 0.982 bits per heavy atom. The van der Waals surface area contributed by atoms with Crippen molar-refractivity contribution in [3.63, 3.8) is 0 Å². The van der Waals surface area contributed by atoms with Gasteiger partial charge in [0.1, 0.15) is 22.3 Å². The summed E-state index contributed by atoms with van der Waals surface area (Å²) in [7, 11) is 0. The lowest BCUT2D eigenvalue weighted by molar-refractivity contribution is 0.669. The first-order valence-corrected chi connectivity index (χ1v) is 19.3. The molecule has 3 heterocycles. The molecule has 0 radical (unpaired) electrons. The second-order valence-electron chi connectivity index (χ2n) is 14.9. The van der Waals surface area contributed by atoms with Crippen LogP contribution in [0.15, 0.2) is 197 Å². The summed E-state index contributed by atoms with van der Waals surface area (Å²) >= 11 is 0. The molecular formula is C52H34N2O2. The van der Waals surface area contributed by atoms with Crippen LogP contribution in [0.5, 0.6) is 0 Å². The van der Waals surface area contributed by atoms with Gasteiger partial charge in [-0.2, -0.15) is 0 Å². The molecule has 4 heteroatoms. The van der Waals surface area contributed by atoms with Crippen LogP contribution in [-0.4, -0.2) is 4.57 Å². The van der Waals surface area contributed by atoms with Crippen molar-refractivity contribution in [3.05, 3.63) is 193 Å². The Bertz CT molecular complexity index is 3310. The van der Waals surface area contributed by atoms with E-state index in [0.29, 0.717) is 0 Å². The second kappa shape index (κ2) is 12.1. The average molecular weight is 719 g/mol. The van der Waals surface area contributed by atoms with Crippen LogP contribution >= 0.6 is 0 Å². The van der Waals surface area contributed by atoms with Crippen LogP contribution in [0.2, 0.25) is 0 Å². The normalized spacial score (nSPS) is 13.4. The minimum Gasteiger partial charge on any atom is -0.456 e. The molecule has 0 fully saturated rings. The Labute approximate surface area is 322 Å². The van der Waals surface area contributed by atoms with Crippen molar-refractivity contribution < 1.29 is 8.83 Å². The van der Waals surface area contributed by atoms with Crippen molar-refractivity contribution in [1.82, 2.24) is 4.57 Å². The van der Waals surface area contributed by atoms with Crippen LogP contribution in [0.3, 0.4) is 0 Å². The standard InChI is InChI=1S/C52H34N2O2/c1-2-10-36-30-48-46(29-35(36)9-1)41-11-3-6-14-47(41)54(48)38-23-19-34(20-24-38)33-17-21-37(22-18-33)53(39-25-27-44-42-12-4-7-15-49(42)55-51(44)31-39)40-26-28-45-43-13-5-8-16-50(43)56-52(45)32-40/h1-17,19-21,23-32H,18,22H2. The molecule has 264 valence electrons. The van der Waals surface area contributed by atoms with E-state index in [-0.39, 0.29) is 0 Å². The Morgan fingerprint density at radius 1 is 0.411 bits per heavy atom. The molecule has 4 nitrogen and oxygen atoms in total. The number of benzene rings is 8. The molecule has 0 bridgehead atoms. The number of fused-ring (bicyclic) bond motifs is 10. The maximum absolute atomic E-state index is 6.38. The molecular weight excluding hydrogens is 685 g/mol. The number of anilines is 2. The predicted octanol–water partition coefficient (Wildman–Crippen LogP) is 14.6. The molecule has 0 amide bonds. The molecule has 0 atom stereocenters. The molecule has 3 aromatic heterocycles. The highest BCUT2D eigenvalue weighted by Crippen LogP contribution is 2.42. The summed E-state index contributed by atoms with van der Waals surface area (Å²) in [5.74, 6) is 0. The Balaban J connectivity index is 0.940. The summed E-state index contributed by atoms with van der Waals surface area (Å²) < 4.78 is 15.2. The lowest BCUT2D eigenvalue weighted by Crippen LogP contribution is -2.17. The molecule has 11 aromatic rings. The third-order valence-electron chi connectivity index (χ3n) is 11.7. The zero-order valence-electron chi connectivity index (χ0n) is 30.4. The first-order valence-electron chi connectivity index (χ1n) is 19.3. The van der Waals surface area contributed by atoms with Crippen LogP contribution in [-0.2, 0) is 0 Å². The second-order valence-corrected chi connectivity index (χ2v) is 14.9. The topological polar surface area (TPSA) is 34.5 Å². The van der Waals surface area contributed by atoms with Crippen molar-refractivity contribution in [2.45, 2.75) is 12.8 Å². The summed E-state index contributed by atoms with van der Waals surface area (Å²) in [6.07, 6.45) is 6.38. The molecule has 0 aliphatic heterocycles. The number of hydrogen-bond acceptors (Lipinski definition) is 3. The van der Waals surface area contributed by atoms with Crippen LogP contribution in [0.25, 0.3) is 87.7 Å². The van der Waals surface area contributed by atoms with Crippen LogP contribution in [0.4, 0.5) is 11.4 Å². The number of furan rings is 2. The highest BCUT2D eigenvalue weighted by molar-refractivity contribution is 6.14. The number of nitrogens with zero attached hydrogens (tertiary/aromatic N) is 2. The average Bonchev–Trinajstić information content (AvgIpc) is 3.92. The van der Waals surface area contributed by atoms with E-state index in [1.165, 1.54) is 49.4 Å². The van der Waals surface area contributed by atoms with Gasteiger partial charge in [-0.3, -0.25) is 0 Å². The van der Waals surface area contributed by atoms with E-state index in [2.05, 4.69) is 167 Å². The van der Waals surface area contributed by atoms with E-state index in [9.17, 15) is 0 Å². The van der Waals surface area contributed by atoms with Gasteiger partial charge >= 0.3 is 0 Å². The van der Waals surface area contributed by atoms with Gasteiger partial charge in [0.25, 0.3) is 0 Å². The van der Waals surface area contributed by atoms with E-state index in [1.54, 1.807) is 0 Å². The zero-order chi connectivity index (χ0) is 36.7. The van der Waals surface area contributed by atoms with Gasteiger partial charge in [0.15, 0.2) is 0 Å². The lowest BCUT2D eigenvalue weighted by Gasteiger charge is -2.30. The van der Waals surface area contributed by atoms with E-state index in [1.807, 2.05) is 24.3 Å². The fourth-order valence-electron chi connectivity index (χ4n) is 9.00. The van der Waals surface area contributed by atoms with Crippen LogP contribution in [0, 0.1) is 0 Å². The van der Waals surface area contributed by atoms with Gasteiger partial charge in [-0.05, 0) is 108 Å². The van der Waals surface area contributed by atoms with Crippen molar-refractivity contribution in [3.8, 4) is 5.69 Å². The van der Waals surface area contributed by atoms with E-state index in [0.717, 1.165) is 73.8 Å². The fraction of sp³-hybridized carbons (Fsp3) is 0.0385. The van der Waals surface area contributed by atoms with Crippen molar-refractivity contribution >= 4 is 93.4 Å². The first-order chi connectivity index (χ1) is 27.7. The summed E-state index contributed by atoms with van der Waals surface area (Å²) in [5.41, 5.74) is 13.1. The summed E-state index contributed by atoms with van der Waals surface area (Å²) in [6, 6.07) is 60.8. The lowest BCUT2D eigenvalue weighted by atomic mass is 9.94. The van der Waals surface area contributed by atoms with Crippen molar-refractivity contribution in [2.75, 3.05) is 4.90 Å². The van der Waals surface area contributed by atoms with Gasteiger partial charge < -0.3 is 18.3 Å². The van der Waals surface area contributed by atoms with E-state index in [4.69, 9.17) is 8.83 Å². The Kier molecular flexibility index (Phi) is 6.72. The zero-order valence-corrected chi connectivity index (χ0v) is 30.4. The summed E-state index contributed by atoms with van der Waals surface area (Å²) in [4.78, 5) is 2.36. The SMILES string of the molecule is C1=C(c2ccc(-n3c4ccccc4c4cc5ccccc5cc43)cc2)CCC(N(c2ccc3c(c2)oc2ccccc23)c2ccc3c(c2)oc2ccccc23)=C1. The molecule has 0 unspecified atom stereocenters. The maximum Gasteiger partial charge on any atom is 0.137 e. The van der Waals surface area contributed by atoms with Gasteiger partial charge in [-0.1, -0.05) is 97.1 Å². The van der Waals surface area contributed by atoms with Gasteiger partial charge in [0.05, 0.1) is 11.0 Å². The number of para-hydroxylation sites is 3. The molecule has 0 saturated carbocycles. The van der Waals surface area contributed by atoms with Gasteiger partial charge in [-0.15, -0.1) is 0 Å². The molecule has 12 rings (SSSR count). The van der Waals surface area contributed by atoms with Crippen LogP contribution < -0.4 is 4.90 Å². The summed E-state index contributed by atoms with van der Waals surface area (Å²) in [5, 5.41) is 9.56. The molecule has 0 saturated heterocycles. The van der Waals surface area contributed by atoms with Crippen molar-refractivity contribution in [1.29, 1.82) is 0 Å². The summed E-state index contributed by atoms with van der Waals surface area (Å²) in [6.45, 7) is 0. The van der Waals surface area contributed by atoms with Crippen molar-refractivity contribution in [2.24, 2.45) is 0 Å². The van der Waals surface area contributed by atoms with Crippen LogP contribution in [0.1, 0.15) is 18.4 Å². The molecule has 1 aliphatic carbocycles. The Morgan fingerprint density at radius 3 is 1.62 bits per heavy atom. The highest BCUT2D eigenvalue weighted by Gasteiger charge is 2.21. The highest BCUT2D eigenvalue weighted by atomic mass is 16.3. The molecule has 56 heavy (non-hydrogen) atoms. The Hall–Kier alpha value is -7.30. The minimum atomic E-state index is 0.877. The third kappa shape index (κ3) is 4.79. The quantitative estimate of drug-likeness (QED) is 0.178. The first kappa shape index (κ1) is 31.1. The minimum absolute atomic E-state index is 0.877. The molecule has 1 aliphatic rings. The maximum atomic E-state index is 6.38. The van der Waals surface area contributed by atoms with E-state index < -0.39 is 0 Å². The fourth-order valence-corrected chi connectivity index (χ4v) is 9.00. The number of aromatic nitrogens is 1. The number of hydrogen-bond donors (Lipinski definition) is 0. The monoisotopic (exact) mass is 718 g/mol. The third-order valence-corrected chi connectivity index (χ3v) is 11.7. The van der Waals surface area contributed by atoms with Gasteiger partial charge in [0.2, 0.25) is 0 Å². The smallest absolute Gasteiger partial charge is 0.137 e. The number of allylic oxidation sites excluding steroid dienone is 4.